The zero-order valence-corrected chi connectivity index (χ0v) is 18.8. The Kier molecular flexibility index (Phi) is 8.66. The third kappa shape index (κ3) is 6.43. The van der Waals surface area contributed by atoms with Crippen LogP contribution in [0, 0.1) is 0 Å². The standard InChI is InChI=1S/C20H22Cl2N2O5S/c1-14(2)24(15-7-4-3-5-8-15)18(25)13-29-19(26)11-12-23-30(27,28)20-16(21)9-6-10-17(20)22/h3-10,14,23H,11-13H2,1-2H3. The Morgan fingerprint density at radius 2 is 1.63 bits per heavy atom. The van der Waals surface area contributed by atoms with Gasteiger partial charge in [0, 0.05) is 18.3 Å². The van der Waals surface area contributed by atoms with Crippen LogP contribution in [0.15, 0.2) is 53.4 Å². The van der Waals surface area contributed by atoms with E-state index in [1.54, 1.807) is 24.3 Å². The van der Waals surface area contributed by atoms with Gasteiger partial charge in [0.15, 0.2) is 6.61 Å². The van der Waals surface area contributed by atoms with E-state index in [9.17, 15) is 18.0 Å². The maximum Gasteiger partial charge on any atom is 0.307 e. The van der Waals surface area contributed by atoms with Crippen molar-refractivity contribution >= 4 is 50.8 Å². The van der Waals surface area contributed by atoms with Crippen LogP contribution in [0.3, 0.4) is 0 Å². The second-order valence-electron chi connectivity index (χ2n) is 6.55. The van der Waals surface area contributed by atoms with Gasteiger partial charge in [-0.1, -0.05) is 47.5 Å². The Morgan fingerprint density at radius 1 is 1.03 bits per heavy atom. The van der Waals surface area contributed by atoms with Crippen LogP contribution >= 0.6 is 23.2 Å². The van der Waals surface area contributed by atoms with Gasteiger partial charge in [-0.15, -0.1) is 0 Å². The molecule has 0 aromatic heterocycles. The summed E-state index contributed by atoms with van der Waals surface area (Å²) in [6.45, 7) is 3.02. The molecule has 0 fully saturated rings. The van der Waals surface area contributed by atoms with E-state index in [1.807, 2.05) is 19.9 Å². The highest BCUT2D eigenvalue weighted by Gasteiger charge is 2.23. The maximum atomic E-state index is 12.5. The molecule has 0 aliphatic heterocycles. The highest BCUT2D eigenvalue weighted by Crippen LogP contribution is 2.28. The van der Waals surface area contributed by atoms with E-state index in [-0.39, 0.29) is 39.9 Å². The fourth-order valence-corrected chi connectivity index (χ4v) is 4.87. The lowest BCUT2D eigenvalue weighted by atomic mass is 10.2. The summed E-state index contributed by atoms with van der Waals surface area (Å²) >= 11 is 11.8. The van der Waals surface area contributed by atoms with Crippen LogP contribution in [-0.4, -0.2) is 39.5 Å². The third-order valence-corrected chi connectivity index (χ3v) is 6.40. The maximum absolute atomic E-state index is 12.5. The summed E-state index contributed by atoms with van der Waals surface area (Å²) in [6, 6.07) is 13.2. The zero-order chi connectivity index (χ0) is 22.3. The molecule has 162 valence electrons. The minimum atomic E-state index is -4.01. The summed E-state index contributed by atoms with van der Waals surface area (Å²) in [7, 11) is -4.01. The summed E-state index contributed by atoms with van der Waals surface area (Å²) in [5, 5.41) is -0.0595. The monoisotopic (exact) mass is 472 g/mol. The third-order valence-electron chi connectivity index (χ3n) is 3.98. The number of amides is 1. The van der Waals surface area contributed by atoms with Crippen molar-refractivity contribution in [3.63, 3.8) is 0 Å². The van der Waals surface area contributed by atoms with Crippen molar-refractivity contribution in [3.05, 3.63) is 58.6 Å². The van der Waals surface area contributed by atoms with Crippen LogP contribution in [0.25, 0.3) is 0 Å². The molecular weight excluding hydrogens is 451 g/mol. The first kappa shape index (κ1) is 24.1. The minimum absolute atomic E-state index is 0.0298. The zero-order valence-electron chi connectivity index (χ0n) is 16.5. The van der Waals surface area contributed by atoms with E-state index in [1.165, 1.54) is 23.1 Å². The average Bonchev–Trinajstić information content (AvgIpc) is 2.66. The molecule has 0 saturated heterocycles. The predicted molar refractivity (Wildman–Crippen MR) is 116 cm³/mol. The summed E-state index contributed by atoms with van der Waals surface area (Å²) in [6.07, 6.45) is -0.262. The van der Waals surface area contributed by atoms with Gasteiger partial charge in [0.2, 0.25) is 10.0 Å². The number of sulfonamides is 1. The lowest BCUT2D eigenvalue weighted by Gasteiger charge is -2.26. The summed E-state index contributed by atoms with van der Waals surface area (Å²) in [5.74, 6) is -1.10. The molecule has 0 aliphatic rings. The molecule has 0 unspecified atom stereocenters. The summed E-state index contributed by atoms with van der Waals surface area (Å²) < 4.78 is 32.0. The van der Waals surface area contributed by atoms with Crippen molar-refractivity contribution in [2.45, 2.75) is 31.2 Å². The molecule has 30 heavy (non-hydrogen) atoms. The Hall–Kier alpha value is -2.13. The van der Waals surface area contributed by atoms with E-state index >= 15 is 0 Å². The molecule has 2 rings (SSSR count). The quantitative estimate of drug-likeness (QED) is 0.562. The molecule has 7 nitrogen and oxygen atoms in total. The van der Waals surface area contributed by atoms with Gasteiger partial charge in [-0.2, -0.15) is 0 Å². The van der Waals surface area contributed by atoms with Gasteiger partial charge in [0.1, 0.15) is 4.90 Å². The molecule has 0 radical (unpaired) electrons. The highest BCUT2D eigenvalue weighted by atomic mass is 35.5. The van der Waals surface area contributed by atoms with Crippen molar-refractivity contribution in [2.75, 3.05) is 18.1 Å². The number of hydrogen-bond donors (Lipinski definition) is 1. The van der Waals surface area contributed by atoms with Gasteiger partial charge in [0.05, 0.1) is 16.5 Å². The number of nitrogens with zero attached hydrogens (tertiary/aromatic N) is 1. The van der Waals surface area contributed by atoms with Gasteiger partial charge in [-0.3, -0.25) is 9.59 Å². The number of carbonyl (C=O) groups is 2. The molecule has 2 aromatic carbocycles. The molecule has 0 aliphatic carbocycles. The average molecular weight is 473 g/mol. The fourth-order valence-electron chi connectivity index (χ4n) is 2.70. The number of ether oxygens (including phenoxy) is 1. The van der Waals surface area contributed by atoms with Gasteiger partial charge >= 0.3 is 5.97 Å². The molecule has 0 atom stereocenters. The van der Waals surface area contributed by atoms with E-state index in [0.29, 0.717) is 5.69 Å². The van der Waals surface area contributed by atoms with Crippen molar-refractivity contribution in [2.24, 2.45) is 0 Å². The lowest BCUT2D eigenvalue weighted by molar-refractivity contribution is -0.147. The second kappa shape index (κ2) is 10.8. The first-order valence-corrected chi connectivity index (χ1v) is 11.3. The number of halogens is 2. The molecule has 0 saturated carbocycles. The van der Waals surface area contributed by atoms with E-state index < -0.39 is 22.6 Å². The molecule has 0 heterocycles. The topological polar surface area (TPSA) is 92.8 Å². The van der Waals surface area contributed by atoms with Crippen LogP contribution in [0.2, 0.25) is 10.0 Å². The number of rotatable bonds is 9. The van der Waals surface area contributed by atoms with Crippen molar-refractivity contribution in [3.8, 4) is 0 Å². The summed E-state index contributed by atoms with van der Waals surface area (Å²) in [4.78, 5) is 25.7. The number of para-hydroxylation sites is 1. The normalized spacial score (nSPS) is 11.4. The second-order valence-corrected chi connectivity index (χ2v) is 9.07. The van der Waals surface area contributed by atoms with Crippen LogP contribution in [0.1, 0.15) is 20.3 Å². The number of hydrogen-bond acceptors (Lipinski definition) is 5. The van der Waals surface area contributed by atoms with E-state index in [2.05, 4.69) is 4.72 Å². The smallest absolute Gasteiger partial charge is 0.307 e. The Balaban J connectivity index is 1.88. The van der Waals surface area contributed by atoms with Crippen molar-refractivity contribution in [1.29, 1.82) is 0 Å². The lowest BCUT2D eigenvalue weighted by Crippen LogP contribution is -2.40. The molecule has 2 aromatic rings. The first-order chi connectivity index (χ1) is 14.1. The minimum Gasteiger partial charge on any atom is -0.456 e. The predicted octanol–water partition coefficient (Wildman–Crippen LogP) is 3.65. The Labute approximate surface area is 186 Å². The van der Waals surface area contributed by atoms with Crippen molar-refractivity contribution < 1.29 is 22.7 Å². The molecule has 1 N–H and O–H groups in total. The Morgan fingerprint density at radius 3 is 2.20 bits per heavy atom. The van der Waals surface area contributed by atoms with Gasteiger partial charge < -0.3 is 9.64 Å². The number of esters is 1. The van der Waals surface area contributed by atoms with Crippen LogP contribution in [0.4, 0.5) is 5.69 Å². The van der Waals surface area contributed by atoms with Crippen LogP contribution in [-0.2, 0) is 24.3 Å². The SMILES string of the molecule is CC(C)N(C(=O)COC(=O)CCNS(=O)(=O)c1c(Cl)cccc1Cl)c1ccccc1. The Bertz CT molecular complexity index is 977. The first-order valence-electron chi connectivity index (χ1n) is 9.10. The van der Waals surface area contributed by atoms with Crippen LogP contribution < -0.4 is 9.62 Å². The molecule has 10 heteroatoms. The van der Waals surface area contributed by atoms with E-state index in [0.717, 1.165) is 0 Å². The summed E-state index contributed by atoms with van der Waals surface area (Å²) in [5.41, 5.74) is 0.693. The molecular formula is C20H22Cl2N2O5S. The largest absolute Gasteiger partial charge is 0.456 e. The van der Waals surface area contributed by atoms with E-state index in [4.69, 9.17) is 27.9 Å². The van der Waals surface area contributed by atoms with Gasteiger partial charge in [-0.25, -0.2) is 13.1 Å². The fraction of sp³-hybridized carbons (Fsp3) is 0.300. The molecule has 0 bridgehead atoms. The van der Waals surface area contributed by atoms with Crippen molar-refractivity contribution in [1.82, 2.24) is 4.72 Å². The number of anilines is 1. The number of carbonyl (C=O) groups excluding carboxylic acids is 2. The van der Waals surface area contributed by atoms with Crippen LogP contribution in [0.5, 0.6) is 0 Å². The van der Waals surface area contributed by atoms with Gasteiger partial charge in [-0.05, 0) is 38.1 Å². The number of benzene rings is 2. The molecule has 1 amide bonds. The molecule has 0 spiro atoms. The number of nitrogens with one attached hydrogen (secondary N) is 1. The highest BCUT2D eigenvalue weighted by molar-refractivity contribution is 7.89. The van der Waals surface area contributed by atoms with Gasteiger partial charge in [0.25, 0.3) is 5.91 Å².